The summed E-state index contributed by atoms with van der Waals surface area (Å²) in [5.41, 5.74) is 0.551. The zero-order valence-electron chi connectivity index (χ0n) is 18.4. The highest BCUT2D eigenvalue weighted by molar-refractivity contribution is 7.99. The van der Waals surface area contributed by atoms with Crippen molar-refractivity contribution in [2.24, 2.45) is 5.16 Å². The SMILES string of the molecule is CCCCCC(=NOC(=O)c1ccccc1)C(=O)C(=O)c1ccc(Sc2ccccc2)cc1. The molecule has 33 heavy (non-hydrogen) atoms. The van der Waals surface area contributed by atoms with Crippen LogP contribution in [0.1, 0.15) is 53.3 Å². The summed E-state index contributed by atoms with van der Waals surface area (Å²) >= 11 is 1.57. The molecule has 0 N–H and O–H groups in total. The van der Waals surface area contributed by atoms with Crippen LogP contribution in [0.2, 0.25) is 0 Å². The Labute approximate surface area is 197 Å². The van der Waals surface area contributed by atoms with Gasteiger partial charge in [-0.25, -0.2) is 4.79 Å². The summed E-state index contributed by atoms with van der Waals surface area (Å²) in [6.45, 7) is 2.04. The van der Waals surface area contributed by atoms with Crippen LogP contribution < -0.4 is 0 Å². The first-order valence-electron chi connectivity index (χ1n) is 10.8. The maximum absolute atomic E-state index is 12.9. The van der Waals surface area contributed by atoms with E-state index in [9.17, 15) is 14.4 Å². The number of hydrogen-bond acceptors (Lipinski definition) is 6. The first-order valence-corrected chi connectivity index (χ1v) is 11.7. The van der Waals surface area contributed by atoms with E-state index in [0.29, 0.717) is 12.0 Å². The number of ketones is 2. The molecule has 3 aromatic rings. The van der Waals surface area contributed by atoms with Crippen molar-refractivity contribution in [3.8, 4) is 0 Å². The number of nitrogens with zero attached hydrogens (tertiary/aromatic N) is 1. The average Bonchev–Trinajstić information content (AvgIpc) is 2.86. The Morgan fingerprint density at radius 2 is 1.36 bits per heavy atom. The van der Waals surface area contributed by atoms with Crippen LogP contribution in [-0.2, 0) is 9.63 Å². The molecule has 0 fully saturated rings. The van der Waals surface area contributed by atoms with Gasteiger partial charge in [0, 0.05) is 15.4 Å². The molecule has 0 aliphatic carbocycles. The average molecular weight is 460 g/mol. The number of carbonyl (C=O) groups is 3. The lowest BCUT2D eigenvalue weighted by Crippen LogP contribution is -2.25. The second kappa shape index (κ2) is 12.5. The molecule has 3 rings (SSSR count). The van der Waals surface area contributed by atoms with Gasteiger partial charge in [0.15, 0.2) is 0 Å². The fourth-order valence-electron chi connectivity index (χ4n) is 3.03. The number of benzene rings is 3. The van der Waals surface area contributed by atoms with Crippen molar-refractivity contribution in [3.63, 3.8) is 0 Å². The molecule has 0 aromatic heterocycles. The van der Waals surface area contributed by atoms with Gasteiger partial charge in [-0.3, -0.25) is 9.59 Å². The highest BCUT2D eigenvalue weighted by Crippen LogP contribution is 2.27. The van der Waals surface area contributed by atoms with Crippen LogP contribution in [0.4, 0.5) is 0 Å². The second-order valence-corrected chi connectivity index (χ2v) is 8.48. The van der Waals surface area contributed by atoms with Gasteiger partial charge in [-0.05, 0) is 61.4 Å². The van der Waals surface area contributed by atoms with Crippen LogP contribution >= 0.6 is 11.8 Å². The summed E-state index contributed by atoms with van der Waals surface area (Å²) in [4.78, 5) is 44.9. The molecule has 0 heterocycles. The molecule has 0 bridgehead atoms. The van der Waals surface area contributed by atoms with Crippen LogP contribution in [0.15, 0.2) is 99.9 Å². The molecule has 0 saturated heterocycles. The van der Waals surface area contributed by atoms with Crippen molar-refractivity contribution in [2.45, 2.75) is 42.4 Å². The standard InChI is InChI=1S/C27H25NO4S/c1-2-3-6-15-24(28-32-27(31)21-11-7-4-8-12-21)26(30)25(29)20-16-18-23(19-17-20)33-22-13-9-5-10-14-22/h4-5,7-14,16-19H,2-3,6,15H2,1H3. The Morgan fingerprint density at radius 3 is 2.00 bits per heavy atom. The predicted octanol–water partition coefficient (Wildman–Crippen LogP) is 6.38. The lowest BCUT2D eigenvalue weighted by atomic mass is 10.0. The van der Waals surface area contributed by atoms with E-state index in [1.165, 1.54) is 0 Å². The number of rotatable bonds is 11. The van der Waals surface area contributed by atoms with E-state index in [0.717, 1.165) is 22.6 Å². The minimum atomic E-state index is -0.754. The Balaban J connectivity index is 1.71. The molecule has 0 unspecified atom stereocenters. The van der Waals surface area contributed by atoms with Crippen LogP contribution in [0.3, 0.4) is 0 Å². The predicted molar refractivity (Wildman–Crippen MR) is 130 cm³/mol. The largest absolute Gasteiger partial charge is 0.365 e. The molecular weight excluding hydrogens is 434 g/mol. The van der Waals surface area contributed by atoms with E-state index in [2.05, 4.69) is 5.16 Å². The second-order valence-electron chi connectivity index (χ2n) is 7.34. The van der Waals surface area contributed by atoms with Crippen molar-refractivity contribution in [3.05, 3.63) is 96.1 Å². The monoisotopic (exact) mass is 459 g/mol. The minimum Gasteiger partial charge on any atom is -0.312 e. The zero-order valence-corrected chi connectivity index (χ0v) is 19.2. The highest BCUT2D eigenvalue weighted by Gasteiger charge is 2.23. The number of oxime groups is 1. The summed E-state index contributed by atoms with van der Waals surface area (Å²) in [6, 6.07) is 25.1. The third kappa shape index (κ3) is 7.26. The zero-order chi connectivity index (χ0) is 23.5. The van der Waals surface area contributed by atoms with Crippen molar-refractivity contribution in [1.82, 2.24) is 0 Å². The summed E-state index contributed by atoms with van der Waals surface area (Å²) in [5.74, 6) is -2.10. The first kappa shape index (κ1) is 24.1. The van der Waals surface area contributed by atoms with Gasteiger partial charge >= 0.3 is 5.97 Å². The Hall–Kier alpha value is -3.51. The summed E-state index contributed by atoms with van der Waals surface area (Å²) in [5, 5.41) is 3.78. The quantitative estimate of drug-likeness (QED) is 0.0830. The van der Waals surface area contributed by atoms with Crippen molar-refractivity contribution in [1.29, 1.82) is 0 Å². The van der Waals surface area contributed by atoms with Gasteiger partial charge < -0.3 is 4.84 Å². The molecule has 0 aliphatic rings. The van der Waals surface area contributed by atoms with E-state index >= 15 is 0 Å². The van der Waals surface area contributed by atoms with Gasteiger partial charge in [0.25, 0.3) is 5.78 Å². The van der Waals surface area contributed by atoms with E-state index in [-0.39, 0.29) is 17.7 Å². The molecule has 0 radical (unpaired) electrons. The van der Waals surface area contributed by atoms with E-state index in [1.807, 2.05) is 49.4 Å². The molecule has 168 valence electrons. The number of hydrogen-bond donors (Lipinski definition) is 0. The smallest absolute Gasteiger partial charge is 0.312 e. The Kier molecular flexibility index (Phi) is 9.15. The highest BCUT2D eigenvalue weighted by atomic mass is 32.2. The molecule has 0 amide bonds. The Morgan fingerprint density at radius 1 is 0.758 bits per heavy atom. The van der Waals surface area contributed by atoms with Crippen molar-refractivity contribution >= 4 is 35.0 Å². The lowest BCUT2D eigenvalue weighted by Gasteiger charge is -2.06. The molecule has 3 aromatic carbocycles. The maximum atomic E-state index is 12.9. The summed E-state index contributed by atoms with van der Waals surface area (Å²) in [6.07, 6.45) is 2.75. The molecule has 6 heteroatoms. The molecule has 5 nitrogen and oxygen atoms in total. The fourth-order valence-corrected chi connectivity index (χ4v) is 3.87. The Bertz CT molecular complexity index is 1110. The molecule has 0 spiro atoms. The molecule has 0 aliphatic heterocycles. The van der Waals surface area contributed by atoms with E-state index < -0.39 is 17.5 Å². The number of Topliss-reactive ketones (excluding diaryl/α,β-unsaturated/α-hetero) is 2. The van der Waals surface area contributed by atoms with Gasteiger partial charge in [-0.1, -0.05) is 73.1 Å². The van der Waals surface area contributed by atoms with Crippen LogP contribution in [0.5, 0.6) is 0 Å². The van der Waals surface area contributed by atoms with Gasteiger partial charge in [-0.2, -0.15) is 0 Å². The van der Waals surface area contributed by atoms with E-state index in [4.69, 9.17) is 4.84 Å². The summed E-state index contributed by atoms with van der Waals surface area (Å²) in [7, 11) is 0. The summed E-state index contributed by atoms with van der Waals surface area (Å²) < 4.78 is 0. The van der Waals surface area contributed by atoms with Gasteiger partial charge in [0.2, 0.25) is 5.78 Å². The topological polar surface area (TPSA) is 72.8 Å². The third-order valence-corrected chi connectivity index (χ3v) is 5.84. The number of carbonyl (C=O) groups excluding carboxylic acids is 3. The van der Waals surface area contributed by atoms with Crippen LogP contribution in [0, 0.1) is 0 Å². The normalized spacial score (nSPS) is 11.1. The van der Waals surface area contributed by atoms with Crippen LogP contribution in [0.25, 0.3) is 0 Å². The van der Waals surface area contributed by atoms with E-state index in [1.54, 1.807) is 54.2 Å². The first-order chi connectivity index (χ1) is 16.1. The lowest BCUT2D eigenvalue weighted by molar-refractivity contribution is -0.109. The fraction of sp³-hybridized carbons (Fsp3) is 0.185. The van der Waals surface area contributed by atoms with Gasteiger partial charge in [0.1, 0.15) is 5.71 Å². The van der Waals surface area contributed by atoms with Gasteiger partial charge in [-0.15, -0.1) is 0 Å². The molecular formula is C27H25NO4S. The molecule has 0 atom stereocenters. The third-order valence-electron chi connectivity index (χ3n) is 4.83. The van der Waals surface area contributed by atoms with Gasteiger partial charge in [0.05, 0.1) is 5.56 Å². The van der Waals surface area contributed by atoms with Crippen molar-refractivity contribution < 1.29 is 19.2 Å². The minimum absolute atomic E-state index is 0.0412. The maximum Gasteiger partial charge on any atom is 0.365 e. The van der Waals surface area contributed by atoms with Crippen molar-refractivity contribution in [2.75, 3.05) is 0 Å². The molecule has 0 saturated carbocycles. The van der Waals surface area contributed by atoms with Crippen LogP contribution in [-0.4, -0.2) is 23.2 Å². The number of unbranched alkanes of at least 4 members (excludes halogenated alkanes) is 2.